The van der Waals surface area contributed by atoms with Gasteiger partial charge in [-0.15, -0.1) is 0 Å². The standard InChI is InChI=1S/C24H32N8O/c1-4-32-14-6-7-19(16-32)23(31-27)15-28-17(2)10-11-18(3)29-24(33)22-9-5-8-21(30-22)20(26)12-13-25/h4-5,8-13,15,19,25,27-28H,1,6-7,14,16,26H2,2-3H3,(H,29,33)/b17-10+,18-11+,20-12-,23-15-,25-13?,31-27?. The van der Waals surface area contributed by atoms with Crippen molar-refractivity contribution in [3.05, 3.63) is 83.9 Å². The predicted molar refractivity (Wildman–Crippen MR) is 131 cm³/mol. The fraction of sp³-hybridized carbons (Fsp3) is 0.292. The molecule has 1 atom stereocenters. The number of hydrogen-bond donors (Lipinski definition) is 5. The quantitative estimate of drug-likeness (QED) is 0.210. The maximum absolute atomic E-state index is 12.5. The second-order valence-corrected chi connectivity index (χ2v) is 7.69. The second kappa shape index (κ2) is 12.7. The fourth-order valence-corrected chi connectivity index (χ4v) is 3.32. The zero-order valence-corrected chi connectivity index (χ0v) is 19.1. The first-order chi connectivity index (χ1) is 15.9. The molecule has 1 aliphatic heterocycles. The molecule has 1 unspecified atom stereocenters. The van der Waals surface area contributed by atoms with Crippen molar-refractivity contribution < 1.29 is 4.79 Å². The molecule has 0 aromatic carbocycles. The number of nitrogens with one attached hydrogen (secondary N) is 4. The van der Waals surface area contributed by atoms with Crippen LogP contribution in [0.1, 0.15) is 42.9 Å². The van der Waals surface area contributed by atoms with Crippen molar-refractivity contribution in [1.29, 1.82) is 10.9 Å². The third-order valence-electron chi connectivity index (χ3n) is 5.14. The molecule has 0 spiro atoms. The predicted octanol–water partition coefficient (Wildman–Crippen LogP) is 3.89. The molecule has 1 amide bonds. The summed E-state index contributed by atoms with van der Waals surface area (Å²) in [4.78, 5) is 18.9. The Morgan fingerprint density at radius 2 is 2.00 bits per heavy atom. The fourth-order valence-electron chi connectivity index (χ4n) is 3.32. The summed E-state index contributed by atoms with van der Waals surface area (Å²) in [5.74, 6) is -0.163. The van der Waals surface area contributed by atoms with E-state index >= 15 is 0 Å². The van der Waals surface area contributed by atoms with E-state index in [1.165, 1.54) is 6.08 Å². The average molecular weight is 449 g/mol. The first-order valence-electron chi connectivity index (χ1n) is 10.7. The molecule has 1 aromatic rings. The summed E-state index contributed by atoms with van der Waals surface area (Å²) in [5.41, 5.74) is 16.5. The van der Waals surface area contributed by atoms with Crippen molar-refractivity contribution >= 4 is 17.8 Å². The Hall–Kier alpha value is -4.01. The number of aromatic nitrogens is 1. The van der Waals surface area contributed by atoms with Gasteiger partial charge in [0.25, 0.3) is 5.91 Å². The van der Waals surface area contributed by atoms with Crippen LogP contribution in [0, 0.1) is 16.9 Å². The Bertz CT molecular complexity index is 1010. The summed E-state index contributed by atoms with van der Waals surface area (Å²) >= 11 is 0. The van der Waals surface area contributed by atoms with E-state index in [2.05, 4.69) is 32.2 Å². The van der Waals surface area contributed by atoms with Gasteiger partial charge in [-0.3, -0.25) is 4.79 Å². The van der Waals surface area contributed by atoms with Gasteiger partial charge < -0.3 is 26.7 Å². The van der Waals surface area contributed by atoms with E-state index in [9.17, 15) is 4.79 Å². The molecule has 6 N–H and O–H groups in total. The number of nitrogens with two attached hydrogens (primary N) is 1. The lowest BCUT2D eigenvalue weighted by atomic mass is 9.95. The van der Waals surface area contributed by atoms with E-state index in [0.717, 1.165) is 37.8 Å². The van der Waals surface area contributed by atoms with E-state index in [0.29, 0.717) is 22.8 Å². The lowest BCUT2D eigenvalue weighted by molar-refractivity contribution is 0.0961. The number of piperidine rings is 1. The number of rotatable bonds is 10. The van der Waals surface area contributed by atoms with Crippen molar-refractivity contribution in [2.75, 3.05) is 13.1 Å². The molecule has 0 bridgehead atoms. The summed E-state index contributed by atoms with van der Waals surface area (Å²) in [6, 6.07) is 4.97. The minimum absolute atomic E-state index is 0.192. The maximum atomic E-state index is 12.5. The SMILES string of the molecule is C=CN1CCCC(/C(=C/N/C(C)=C/C=C(\C)NC(=O)c2cccc(/C(N)=C/C=N)n2)N=N)C1. The number of carbonyl (C=O) groups excluding carboxylic acids is 1. The number of nitrogens with zero attached hydrogens (tertiary/aromatic N) is 3. The van der Waals surface area contributed by atoms with Gasteiger partial charge in [-0.2, -0.15) is 5.11 Å². The summed E-state index contributed by atoms with van der Waals surface area (Å²) in [6.45, 7) is 9.30. The number of allylic oxidation sites excluding steroid dienone is 5. The smallest absolute Gasteiger partial charge is 0.274 e. The van der Waals surface area contributed by atoms with Gasteiger partial charge in [0.2, 0.25) is 0 Å². The highest BCUT2D eigenvalue weighted by Gasteiger charge is 2.21. The van der Waals surface area contributed by atoms with Crippen LogP contribution in [0.25, 0.3) is 5.70 Å². The molecule has 33 heavy (non-hydrogen) atoms. The summed E-state index contributed by atoms with van der Waals surface area (Å²) in [7, 11) is 0. The van der Waals surface area contributed by atoms with Gasteiger partial charge in [-0.25, -0.2) is 10.5 Å². The number of carbonyl (C=O) groups is 1. The van der Waals surface area contributed by atoms with Crippen LogP contribution in [0.4, 0.5) is 0 Å². The van der Waals surface area contributed by atoms with Crippen molar-refractivity contribution in [1.82, 2.24) is 20.5 Å². The minimum Gasteiger partial charge on any atom is -0.397 e. The number of likely N-dealkylation sites (tertiary alicyclic amines) is 1. The van der Waals surface area contributed by atoms with Crippen LogP contribution in [0.15, 0.2) is 77.6 Å². The van der Waals surface area contributed by atoms with Gasteiger partial charge in [0.1, 0.15) is 5.69 Å². The monoisotopic (exact) mass is 448 g/mol. The number of hydrogen-bond acceptors (Lipinski definition) is 8. The van der Waals surface area contributed by atoms with Gasteiger partial charge >= 0.3 is 0 Å². The van der Waals surface area contributed by atoms with Gasteiger partial charge in [-0.05, 0) is 63.2 Å². The molecule has 1 aliphatic rings. The highest BCUT2D eigenvalue weighted by molar-refractivity contribution is 5.94. The normalized spacial score (nSPS) is 17.9. The molecule has 1 fully saturated rings. The topological polar surface area (TPSA) is 143 Å². The second-order valence-electron chi connectivity index (χ2n) is 7.69. The molecular formula is C24H32N8O. The molecule has 2 rings (SSSR count). The van der Waals surface area contributed by atoms with Crippen molar-refractivity contribution in [3.8, 4) is 0 Å². The summed E-state index contributed by atoms with van der Waals surface area (Å²) in [5, 5.41) is 16.8. The van der Waals surface area contributed by atoms with Crippen molar-refractivity contribution in [2.45, 2.75) is 26.7 Å². The molecule has 174 valence electrons. The van der Waals surface area contributed by atoms with E-state index < -0.39 is 0 Å². The Kier molecular flexibility index (Phi) is 9.76. The Balaban J connectivity index is 1.99. The number of pyridine rings is 1. The van der Waals surface area contributed by atoms with Gasteiger partial charge in [0.15, 0.2) is 0 Å². The van der Waals surface area contributed by atoms with E-state index in [4.69, 9.17) is 16.7 Å². The highest BCUT2D eigenvalue weighted by atomic mass is 16.1. The van der Waals surface area contributed by atoms with Crippen LogP contribution >= 0.6 is 0 Å². The molecule has 1 aromatic heterocycles. The zero-order valence-electron chi connectivity index (χ0n) is 19.1. The van der Waals surface area contributed by atoms with Gasteiger partial charge in [0, 0.05) is 42.8 Å². The maximum Gasteiger partial charge on any atom is 0.274 e. The Morgan fingerprint density at radius 1 is 1.27 bits per heavy atom. The zero-order chi connectivity index (χ0) is 24.2. The molecular weight excluding hydrogens is 416 g/mol. The summed E-state index contributed by atoms with van der Waals surface area (Å²) < 4.78 is 0. The molecule has 9 heteroatoms. The van der Waals surface area contributed by atoms with Crippen LogP contribution in [0.3, 0.4) is 0 Å². The highest BCUT2D eigenvalue weighted by Crippen LogP contribution is 2.24. The third-order valence-corrected chi connectivity index (χ3v) is 5.14. The van der Waals surface area contributed by atoms with E-state index in [-0.39, 0.29) is 17.5 Å². The average Bonchev–Trinajstić information content (AvgIpc) is 2.83. The van der Waals surface area contributed by atoms with Crippen LogP contribution in [-0.2, 0) is 0 Å². The molecule has 0 saturated carbocycles. The molecule has 2 heterocycles. The van der Waals surface area contributed by atoms with E-state index in [1.54, 1.807) is 37.4 Å². The lowest BCUT2D eigenvalue weighted by Crippen LogP contribution is -2.32. The van der Waals surface area contributed by atoms with Crippen LogP contribution in [0.2, 0.25) is 0 Å². The Morgan fingerprint density at radius 3 is 2.70 bits per heavy atom. The third kappa shape index (κ3) is 7.88. The van der Waals surface area contributed by atoms with Gasteiger partial charge in [-0.1, -0.05) is 12.6 Å². The first kappa shape index (κ1) is 25.3. The van der Waals surface area contributed by atoms with E-state index in [1.807, 2.05) is 19.2 Å². The van der Waals surface area contributed by atoms with Crippen molar-refractivity contribution in [2.24, 2.45) is 16.8 Å². The lowest BCUT2D eigenvalue weighted by Gasteiger charge is -2.31. The largest absolute Gasteiger partial charge is 0.397 e. The van der Waals surface area contributed by atoms with Crippen LogP contribution in [-0.4, -0.2) is 35.1 Å². The Labute approximate surface area is 194 Å². The van der Waals surface area contributed by atoms with Crippen LogP contribution < -0.4 is 16.4 Å². The molecule has 0 radical (unpaired) electrons. The molecule has 1 saturated heterocycles. The first-order valence-corrected chi connectivity index (χ1v) is 10.7. The minimum atomic E-state index is -0.355. The van der Waals surface area contributed by atoms with Crippen LogP contribution in [0.5, 0.6) is 0 Å². The molecule has 9 nitrogen and oxygen atoms in total. The molecule has 0 aliphatic carbocycles. The van der Waals surface area contributed by atoms with Crippen molar-refractivity contribution in [3.63, 3.8) is 0 Å². The van der Waals surface area contributed by atoms with Gasteiger partial charge in [0.05, 0.1) is 17.1 Å². The summed E-state index contributed by atoms with van der Waals surface area (Å²) in [6.07, 6.45) is 11.7. The number of amides is 1.